The summed E-state index contributed by atoms with van der Waals surface area (Å²) in [7, 11) is 1.92. The van der Waals surface area contributed by atoms with Gasteiger partial charge in [-0.2, -0.15) is 5.10 Å². The second-order valence-electron chi connectivity index (χ2n) is 4.95. The number of halogens is 1. The van der Waals surface area contributed by atoms with E-state index in [1.165, 1.54) is 12.1 Å². The van der Waals surface area contributed by atoms with Crippen LogP contribution in [0.25, 0.3) is 10.9 Å². The molecule has 0 amide bonds. The molecular formula is C16H16FN3. The van der Waals surface area contributed by atoms with Crippen LogP contribution in [0.5, 0.6) is 0 Å². The smallest absolute Gasteiger partial charge is 0.123 e. The summed E-state index contributed by atoms with van der Waals surface area (Å²) < 4.78 is 15.1. The van der Waals surface area contributed by atoms with E-state index < -0.39 is 0 Å². The van der Waals surface area contributed by atoms with E-state index in [1.807, 2.05) is 42.1 Å². The minimum Gasteiger partial charge on any atom is -0.324 e. The number of rotatable bonds is 3. The van der Waals surface area contributed by atoms with Gasteiger partial charge in [0.05, 0.1) is 11.2 Å². The van der Waals surface area contributed by atoms with Crippen molar-refractivity contribution < 1.29 is 4.39 Å². The third-order valence-corrected chi connectivity index (χ3v) is 3.52. The molecule has 4 heteroatoms. The zero-order valence-electron chi connectivity index (χ0n) is 11.3. The summed E-state index contributed by atoms with van der Waals surface area (Å²) in [4.78, 5) is 0. The number of nitrogens with zero attached hydrogens (tertiary/aromatic N) is 2. The molecule has 0 bridgehead atoms. The first-order valence-electron chi connectivity index (χ1n) is 6.57. The van der Waals surface area contributed by atoms with Gasteiger partial charge in [-0.05, 0) is 23.8 Å². The van der Waals surface area contributed by atoms with Crippen LogP contribution in [0.4, 0.5) is 4.39 Å². The highest BCUT2D eigenvalue weighted by Crippen LogP contribution is 2.22. The van der Waals surface area contributed by atoms with E-state index in [2.05, 4.69) is 5.10 Å². The molecule has 1 heterocycles. The van der Waals surface area contributed by atoms with Gasteiger partial charge in [0.15, 0.2) is 0 Å². The lowest BCUT2D eigenvalue weighted by molar-refractivity contribution is 0.616. The molecule has 20 heavy (non-hydrogen) atoms. The molecule has 1 unspecified atom stereocenters. The second-order valence-corrected chi connectivity index (χ2v) is 4.95. The lowest BCUT2D eigenvalue weighted by Gasteiger charge is -2.10. The minimum atomic E-state index is -0.260. The summed E-state index contributed by atoms with van der Waals surface area (Å²) in [5.74, 6) is -0.260. The quantitative estimate of drug-likeness (QED) is 0.794. The highest BCUT2D eigenvalue weighted by Gasteiger charge is 2.13. The summed E-state index contributed by atoms with van der Waals surface area (Å²) in [5, 5.41) is 5.62. The van der Waals surface area contributed by atoms with Crippen molar-refractivity contribution in [2.24, 2.45) is 12.8 Å². The molecule has 0 fully saturated rings. The molecule has 2 aromatic carbocycles. The number of hydrogen-bond donors (Lipinski definition) is 1. The maximum atomic E-state index is 13.2. The molecular weight excluding hydrogens is 253 g/mol. The molecule has 0 aliphatic heterocycles. The Morgan fingerprint density at radius 2 is 2.00 bits per heavy atom. The Hall–Kier alpha value is -2.20. The molecule has 0 spiro atoms. The molecule has 1 atom stereocenters. The van der Waals surface area contributed by atoms with Gasteiger partial charge < -0.3 is 5.73 Å². The van der Waals surface area contributed by atoms with Gasteiger partial charge in [0.2, 0.25) is 0 Å². The number of aromatic nitrogens is 2. The average molecular weight is 269 g/mol. The van der Waals surface area contributed by atoms with E-state index in [0.29, 0.717) is 6.42 Å². The van der Waals surface area contributed by atoms with Crippen molar-refractivity contribution in [3.05, 3.63) is 65.6 Å². The zero-order valence-corrected chi connectivity index (χ0v) is 11.3. The van der Waals surface area contributed by atoms with Crippen LogP contribution in [-0.4, -0.2) is 9.78 Å². The normalized spacial score (nSPS) is 12.8. The number of benzene rings is 2. The Morgan fingerprint density at radius 3 is 2.80 bits per heavy atom. The van der Waals surface area contributed by atoms with Crippen molar-refractivity contribution in [3.63, 3.8) is 0 Å². The van der Waals surface area contributed by atoms with E-state index in [0.717, 1.165) is 22.2 Å². The number of fused-ring (bicyclic) bond motifs is 1. The fourth-order valence-electron chi connectivity index (χ4n) is 2.50. The summed E-state index contributed by atoms with van der Waals surface area (Å²) in [6, 6.07) is 14.2. The first kappa shape index (κ1) is 12.8. The van der Waals surface area contributed by atoms with E-state index in [1.54, 1.807) is 6.07 Å². The van der Waals surface area contributed by atoms with Gasteiger partial charge in [0.1, 0.15) is 5.82 Å². The molecule has 3 rings (SSSR count). The molecule has 0 saturated heterocycles. The summed E-state index contributed by atoms with van der Waals surface area (Å²) in [5.41, 5.74) is 8.99. The van der Waals surface area contributed by atoms with Crippen LogP contribution in [0.1, 0.15) is 17.3 Å². The van der Waals surface area contributed by atoms with Gasteiger partial charge in [-0.1, -0.05) is 30.3 Å². The van der Waals surface area contributed by atoms with Crippen LogP contribution in [0, 0.1) is 5.82 Å². The van der Waals surface area contributed by atoms with Gasteiger partial charge in [-0.25, -0.2) is 4.39 Å². The standard InChI is InChI=1S/C16H16FN3/c1-20-16-8-3-2-7-13(16)15(19-20)10-14(18)11-5-4-6-12(17)9-11/h2-9,14H,10,18H2,1H3. The molecule has 3 nitrogen and oxygen atoms in total. The maximum absolute atomic E-state index is 13.2. The van der Waals surface area contributed by atoms with Crippen LogP contribution in [0.3, 0.4) is 0 Å². The third kappa shape index (κ3) is 2.30. The molecule has 0 radical (unpaired) electrons. The van der Waals surface area contributed by atoms with E-state index >= 15 is 0 Å². The van der Waals surface area contributed by atoms with Crippen molar-refractivity contribution in [2.45, 2.75) is 12.5 Å². The fourth-order valence-corrected chi connectivity index (χ4v) is 2.50. The first-order chi connectivity index (χ1) is 9.65. The van der Waals surface area contributed by atoms with Gasteiger partial charge in [-0.3, -0.25) is 4.68 Å². The van der Waals surface area contributed by atoms with Crippen molar-refractivity contribution in [1.29, 1.82) is 0 Å². The SMILES string of the molecule is Cn1nc(CC(N)c2cccc(F)c2)c2ccccc21. The lowest BCUT2D eigenvalue weighted by atomic mass is 10.0. The molecule has 0 aliphatic carbocycles. The molecule has 3 aromatic rings. The highest BCUT2D eigenvalue weighted by atomic mass is 19.1. The van der Waals surface area contributed by atoms with E-state index in [4.69, 9.17) is 5.73 Å². The van der Waals surface area contributed by atoms with Crippen molar-refractivity contribution in [3.8, 4) is 0 Å². The van der Waals surface area contributed by atoms with Crippen LogP contribution in [0.15, 0.2) is 48.5 Å². The Bertz CT molecular complexity index is 748. The van der Waals surface area contributed by atoms with Crippen LogP contribution >= 0.6 is 0 Å². The van der Waals surface area contributed by atoms with Gasteiger partial charge in [0, 0.05) is 24.9 Å². The lowest BCUT2D eigenvalue weighted by Crippen LogP contribution is -2.14. The number of para-hydroxylation sites is 1. The van der Waals surface area contributed by atoms with Crippen LogP contribution < -0.4 is 5.73 Å². The minimum absolute atomic E-state index is 0.260. The molecule has 102 valence electrons. The highest BCUT2D eigenvalue weighted by molar-refractivity contribution is 5.81. The van der Waals surface area contributed by atoms with E-state index in [9.17, 15) is 4.39 Å². The van der Waals surface area contributed by atoms with Crippen LogP contribution in [0.2, 0.25) is 0 Å². The summed E-state index contributed by atoms with van der Waals surface area (Å²) in [6.45, 7) is 0. The Labute approximate surface area is 116 Å². The third-order valence-electron chi connectivity index (χ3n) is 3.52. The van der Waals surface area contributed by atoms with E-state index in [-0.39, 0.29) is 11.9 Å². The largest absolute Gasteiger partial charge is 0.324 e. The predicted octanol–water partition coefficient (Wildman–Crippen LogP) is 2.95. The molecule has 1 aromatic heterocycles. The monoisotopic (exact) mass is 269 g/mol. The second kappa shape index (κ2) is 5.06. The van der Waals surface area contributed by atoms with Gasteiger partial charge >= 0.3 is 0 Å². The topological polar surface area (TPSA) is 43.8 Å². The van der Waals surface area contributed by atoms with Crippen molar-refractivity contribution >= 4 is 10.9 Å². The van der Waals surface area contributed by atoms with Crippen LogP contribution in [-0.2, 0) is 13.5 Å². The van der Waals surface area contributed by atoms with Crippen molar-refractivity contribution in [1.82, 2.24) is 9.78 Å². The zero-order chi connectivity index (χ0) is 14.1. The Morgan fingerprint density at radius 1 is 1.20 bits per heavy atom. The summed E-state index contributed by atoms with van der Waals surface area (Å²) >= 11 is 0. The molecule has 0 saturated carbocycles. The van der Waals surface area contributed by atoms with Gasteiger partial charge in [0.25, 0.3) is 0 Å². The Kier molecular flexibility index (Phi) is 3.24. The average Bonchev–Trinajstić information content (AvgIpc) is 2.76. The van der Waals surface area contributed by atoms with Crippen molar-refractivity contribution in [2.75, 3.05) is 0 Å². The number of hydrogen-bond acceptors (Lipinski definition) is 2. The molecule has 0 aliphatic rings. The predicted molar refractivity (Wildman–Crippen MR) is 77.7 cm³/mol. The first-order valence-corrected chi connectivity index (χ1v) is 6.57. The Balaban J connectivity index is 1.93. The number of aryl methyl sites for hydroxylation is 1. The van der Waals surface area contributed by atoms with Gasteiger partial charge in [-0.15, -0.1) is 0 Å². The summed E-state index contributed by atoms with van der Waals surface area (Å²) in [6.07, 6.45) is 0.588. The maximum Gasteiger partial charge on any atom is 0.123 e. The molecule has 2 N–H and O–H groups in total. The fraction of sp³-hybridized carbons (Fsp3) is 0.188. The number of nitrogens with two attached hydrogens (primary N) is 1.